The van der Waals surface area contributed by atoms with E-state index >= 15 is 0 Å². The smallest absolute Gasteiger partial charge is 0.419 e. The lowest BCUT2D eigenvalue weighted by molar-refractivity contribution is -0.276. The van der Waals surface area contributed by atoms with Crippen molar-refractivity contribution in [1.29, 1.82) is 0 Å². The van der Waals surface area contributed by atoms with Gasteiger partial charge in [-0.05, 0) is 42.0 Å². The number of rotatable bonds is 3. The summed E-state index contributed by atoms with van der Waals surface area (Å²) in [6.45, 7) is 4.58. The third-order valence-electron chi connectivity index (χ3n) is 6.29. The van der Waals surface area contributed by atoms with E-state index in [-0.39, 0.29) is 16.9 Å². The maximum atomic E-state index is 14.9. The topological polar surface area (TPSA) is 54.4 Å². The molecule has 0 saturated heterocycles. The molecule has 1 heterocycles. The van der Waals surface area contributed by atoms with E-state index in [1.807, 2.05) is 0 Å². The normalized spacial score (nSPS) is 22.5. The number of ether oxygens (including phenoxy) is 1. The Morgan fingerprint density at radius 2 is 1.94 bits per heavy atom. The number of alkyl halides is 3. The number of nitrogens with one attached hydrogen (secondary N) is 1. The van der Waals surface area contributed by atoms with Crippen LogP contribution in [0.3, 0.4) is 0 Å². The van der Waals surface area contributed by atoms with Gasteiger partial charge in [0.2, 0.25) is 0 Å². The molecule has 1 aliphatic rings. The van der Waals surface area contributed by atoms with E-state index in [2.05, 4.69) is 10.3 Å². The summed E-state index contributed by atoms with van der Waals surface area (Å²) in [5.41, 5.74) is -3.30. The Morgan fingerprint density at radius 3 is 2.59 bits per heavy atom. The number of hydrogen-bond acceptors (Lipinski definition) is 4. The van der Waals surface area contributed by atoms with E-state index in [9.17, 15) is 22.7 Å². The van der Waals surface area contributed by atoms with Gasteiger partial charge in [-0.2, -0.15) is 13.2 Å². The molecule has 0 amide bonds. The SMILES string of the molecule is COc1c(F)c(C)cc2c1C(C)(C)CC(O)(C(F)(F)F)C2Nc1cccc2cnccc12. The molecule has 170 valence electrons. The lowest BCUT2D eigenvalue weighted by atomic mass is 9.63. The molecule has 2 N–H and O–H groups in total. The minimum absolute atomic E-state index is 0.0943. The van der Waals surface area contributed by atoms with Gasteiger partial charge in [0.15, 0.2) is 17.2 Å². The number of aryl methyl sites for hydroxylation is 1. The number of hydrogen-bond donors (Lipinski definition) is 2. The standard InChI is InChI=1S/C24H24F4N2O2/c1-13-10-16-18(20(32-4)19(13)25)22(2,3)12-23(31,24(26,27)28)21(16)30-17-7-5-6-14-11-29-9-8-15(14)17/h5-11,21,30-31H,12H2,1-4H3. The number of aromatic nitrogens is 1. The Kier molecular flexibility index (Phi) is 5.12. The van der Waals surface area contributed by atoms with Crippen LogP contribution in [0.4, 0.5) is 23.2 Å². The molecule has 2 unspecified atom stereocenters. The Balaban J connectivity index is 2.01. The first-order valence-electron chi connectivity index (χ1n) is 10.2. The van der Waals surface area contributed by atoms with Crippen molar-refractivity contribution in [2.24, 2.45) is 0 Å². The lowest BCUT2D eigenvalue weighted by Crippen LogP contribution is -2.58. The van der Waals surface area contributed by atoms with Crippen LogP contribution in [-0.2, 0) is 5.41 Å². The number of pyridine rings is 1. The van der Waals surface area contributed by atoms with Crippen LogP contribution in [0, 0.1) is 12.7 Å². The van der Waals surface area contributed by atoms with Gasteiger partial charge >= 0.3 is 6.18 Å². The van der Waals surface area contributed by atoms with Crippen molar-refractivity contribution in [2.75, 3.05) is 12.4 Å². The van der Waals surface area contributed by atoms with Gasteiger partial charge in [0, 0.05) is 34.4 Å². The molecule has 0 fully saturated rings. The lowest BCUT2D eigenvalue weighted by Gasteiger charge is -2.49. The summed E-state index contributed by atoms with van der Waals surface area (Å²) in [6, 6.07) is 6.61. The zero-order valence-electron chi connectivity index (χ0n) is 18.1. The number of fused-ring (bicyclic) bond motifs is 2. The predicted molar refractivity (Wildman–Crippen MR) is 114 cm³/mol. The highest BCUT2D eigenvalue weighted by Crippen LogP contribution is 2.57. The fraction of sp³-hybridized carbons (Fsp3) is 0.375. The van der Waals surface area contributed by atoms with Crippen LogP contribution in [-0.4, -0.2) is 29.0 Å². The molecule has 32 heavy (non-hydrogen) atoms. The van der Waals surface area contributed by atoms with Crippen LogP contribution < -0.4 is 10.1 Å². The molecule has 0 radical (unpaired) electrons. The average Bonchev–Trinajstić information content (AvgIpc) is 2.71. The second-order valence-electron chi connectivity index (χ2n) is 8.97. The van der Waals surface area contributed by atoms with Crippen molar-refractivity contribution in [3.05, 3.63) is 65.2 Å². The van der Waals surface area contributed by atoms with Gasteiger partial charge in [-0.3, -0.25) is 4.98 Å². The summed E-state index contributed by atoms with van der Waals surface area (Å²) in [4.78, 5) is 4.05. The number of anilines is 1. The van der Waals surface area contributed by atoms with Crippen LogP contribution in [0.15, 0.2) is 42.7 Å². The second kappa shape index (κ2) is 7.33. The van der Waals surface area contributed by atoms with Crippen molar-refractivity contribution >= 4 is 16.5 Å². The first-order chi connectivity index (χ1) is 14.9. The molecule has 4 nitrogen and oxygen atoms in total. The molecule has 2 atom stereocenters. The summed E-state index contributed by atoms with van der Waals surface area (Å²) in [5.74, 6) is -0.713. The van der Waals surface area contributed by atoms with Gasteiger partial charge in [0.1, 0.15) is 0 Å². The minimum Gasteiger partial charge on any atom is -0.493 e. The average molecular weight is 448 g/mol. The third kappa shape index (κ3) is 3.28. The maximum absolute atomic E-state index is 14.9. The highest BCUT2D eigenvalue weighted by Gasteiger charge is 2.64. The summed E-state index contributed by atoms with van der Waals surface area (Å²) >= 11 is 0. The van der Waals surface area contributed by atoms with Gasteiger partial charge in [-0.25, -0.2) is 4.39 Å². The Labute approximate surface area is 183 Å². The van der Waals surface area contributed by atoms with Gasteiger partial charge < -0.3 is 15.2 Å². The Hall–Kier alpha value is -2.87. The largest absolute Gasteiger partial charge is 0.493 e. The monoisotopic (exact) mass is 448 g/mol. The molecule has 2 aromatic carbocycles. The number of benzene rings is 2. The van der Waals surface area contributed by atoms with Gasteiger partial charge in [-0.1, -0.05) is 32.0 Å². The van der Waals surface area contributed by atoms with Crippen molar-refractivity contribution in [3.63, 3.8) is 0 Å². The van der Waals surface area contributed by atoms with Crippen molar-refractivity contribution in [2.45, 2.75) is 50.4 Å². The zero-order valence-corrected chi connectivity index (χ0v) is 18.1. The number of nitrogens with zero attached hydrogens (tertiary/aromatic N) is 1. The quantitative estimate of drug-likeness (QED) is 0.496. The third-order valence-corrected chi connectivity index (χ3v) is 6.29. The highest BCUT2D eigenvalue weighted by atomic mass is 19.4. The zero-order chi connectivity index (χ0) is 23.5. The van der Waals surface area contributed by atoms with Gasteiger partial charge in [0.25, 0.3) is 0 Å². The van der Waals surface area contributed by atoms with E-state index in [1.54, 1.807) is 50.5 Å². The van der Waals surface area contributed by atoms with Crippen LogP contribution in [0.25, 0.3) is 10.8 Å². The molecule has 8 heteroatoms. The molecule has 0 aliphatic heterocycles. The molecule has 0 saturated carbocycles. The Morgan fingerprint density at radius 1 is 1.22 bits per heavy atom. The first kappa shape index (κ1) is 22.3. The molecule has 3 aromatic rings. The summed E-state index contributed by atoms with van der Waals surface area (Å²) < 4.78 is 63.4. The number of methoxy groups -OCH3 is 1. The van der Waals surface area contributed by atoms with Crippen LogP contribution >= 0.6 is 0 Å². The summed E-state index contributed by atoms with van der Waals surface area (Å²) in [5, 5.41) is 15.5. The first-order valence-corrected chi connectivity index (χ1v) is 10.2. The second-order valence-corrected chi connectivity index (χ2v) is 8.97. The fourth-order valence-electron chi connectivity index (χ4n) is 4.89. The van der Waals surface area contributed by atoms with Crippen molar-refractivity contribution in [3.8, 4) is 5.75 Å². The summed E-state index contributed by atoms with van der Waals surface area (Å²) in [6.07, 6.45) is -2.46. The van der Waals surface area contributed by atoms with E-state index < -0.39 is 35.5 Å². The molecular formula is C24H24F4N2O2. The van der Waals surface area contributed by atoms with E-state index in [4.69, 9.17) is 4.74 Å². The van der Waals surface area contributed by atoms with E-state index in [0.29, 0.717) is 16.6 Å². The maximum Gasteiger partial charge on any atom is 0.419 e. The van der Waals surface area contributed by atoms with Crippen molar-refractivity contribution < 1.29 is 27.4 Å². The van der Waals surface area contributed by atoms with Gasteiger partial charge in [0.05, 0.1) is 13.2 Å². The molecular weight excluding hydrogens is 424 g/mol. The van der Waals surface area contributed by atoms with Crippen molar-refractivity contribution in [1.82, 2.24) is 4.98 Å². The molecule has 0 bridgehead atoms. The van der Waals surface area contributed by atoms with E-state index in [1.165, 1.54) is 20.1 Å². The predicted octanol–water partition coefficient (Wildman–Crippen LogP) is 5.82. The van der Waals surface area contributed by atoms with Crippen LogP contribution in [0.5, 0.6) is 5.75 Å². The minimum atomic E-state index is -4.94. The number of aliphatic hydroxyl groups is 1. The fourth-order valence-corrected chi connectivity index (χ4v) is 4.89. The van der Waals surface area contributed by atoms with E-state index in [0.717, 1.165) is 5.39 Å². The highest BCUT2D eigenvalue weighted by molar-refractivity contribution is 5.93. The van der Waals surface area contributed by atoms with Gasteiger partial charge in [-0.15, -0.1) is 0 Å². The van der Waals surface area contributed by atoms with Crippen LogP contribution in [0.1, 0.15) is 43.0 Å². The molecule has 1 aromatic heterocycles. The number of halogens is 4. The van der Waals surface area contributed by atoms with Crippen LogP contribution in [0.2, 0.25) is 0 Å². The Bertz CT molecular complexity index is 1190. The summed E-state index contributed by atoms with van der Waals surface area (Å²) in [7, 11) is 1.29. The molecule has 0 spiro atoms. The molecule has 4 rings (SSSR count). The molecule has 1 aliphatic carbocycles.